The molecule has 0 heterocycles. The molecule has 1 atom stereocenters. The molecule has 0 aromatic rings. The van der Waals surface area contributed by atoms with Crippen LogP contribution in [0, 0.1) is 11.3 Å². The average molecular weight is 323 g/mol. The summed E-state index contributed by atoms with van der Waals surface area (Å²) in [7, 11) is 1.46. The lowest BCUT2D eigenvalue weighted by Gasteiger charge is -2.28. The third kappa shape index (κ3) is 5.06. The van der Waals surface area contributed by atoms with Gasteiger partial charge in [0.25, 0.3) is 0 Å². The number of carbonyl (C=O) groups is 2. The van der Waals surface area contributed by atoms with Crippen molar-refractivity contribution in [2.75, 3.05) is 13.6 Å². The molecule has 128 valence electrons. The van der Waals surface area contributed by atoms with Gasteiger partial charge >= 0.3 is 12.2 Å². The summed E-state index contributed by atoms with van der Waals surface area (Å²) in [5.74, 6) is -0.867. The summed E-state index contributed by atoms with van der Waals surface area (Å²) in [6.07, 6.45) is -2.03. The van der Waals surface area contributed by atoms with E-state index in [4.69, 9.17) is 0 Å². The SMILES string of the molecule is CNC(=O)C(C)(C)CNC(=O)NC(C1CCCC1)C(F)(F)F. The molecule has 22 heavy (non-hydrogen) atoms. The molecule has 5 nitrogen and oxygen atoms in total. The van der Waals surface area contributed by atoms with Crippen LogP contribution in [0.2, 0.25) is 0 Å². The Labute approximate surface area is 128 Å². The fourth-order valence-corrected chi connectivity index (χ4v) is 2.67. The van der Waals surface area contributed by atoms with Crippen molar-refractivity contribution in [2.45, 2.75) is 51.7 Å². The molecule has 0 saturated heterocycles. The van der Waals surface area contributed by atoms with Crippen LogP contribution < -0.4 is 16.0 Å². The molecular weight excluding hydrogens is 299 g/mol. The van der Waals surface area contributed by atoms with E-state index in [2.05, 4.69) is 10.6 Å². The molecule has 1 fully saturated rings. The van der Waals surface area contributed by atoms with Crippen molar-refractivity contribution in [3.05, 3.63) is 0 Å². The lowest BCUT2D eigenvalue weighted by Crippen LogP contribution is -2.54. The van der Waals surface area contributed by atoms with Crippen LogP contribution in [0.15, 0.2) is 0 Å². The minimum Gasteiger partial charge on any atom is -0.359 e. The highest BCUT2D eigenvalue weighted by molar-refractivity contribution is 5.83. The van der Waals surface area contributed by atoms with E-state index >= 15 is 0 Å². The smallest absolute Gasteiger partial charge is 0.359 e. The normalized spacial score (nSPS) is 17.9. The van der Waals surface area contributed by atoms with Gasteiger partial charge in [-0.15, -0.1) is 0 Å². The largest absolute Gasteiger partial charge is 0.408 e. The van der Waals surface area contributed by atoms with Crippen molar-refractivity contribution >= 4 is 11.9 Å². The molecule has 0 aromatic heterocycles. The molecule has 0 spiro atoms. The van der Waals surface area contributed by atoms with Gasteiger partial charge in [-0.05, 0) is 32.6 Å². The summed E-state index contributed by atoms with van der Waals surface area (Å²) < 4.78 is 39.2. The molecule has 1 unspecified atom stereocenters. The first-order chi connectivity index (χ1) is 10.1. The van der Waals surface area contributed by atoms with Crippen molar-refractivity contribution in [3.8, 4) is 0 Å². The zero-order valence-corrected chi connectivity index (χ0v) is 13.1. The average Bonchev–Trinajstić information content (AvgIpc) is 2.94. The van der Waals surface area contributed by atoms with Crippen LogP contribution in [0.25, 0.3) is 0 Å². The molecule has 3 N–H and O–H groups in total. The van der Waals surface area contributed by atoms with Gasteiger partial charge in [0.15, 0.2) is 0 Å². The van der Waals surface area contributed by atoms with Gasteiger partial charge in [0, 0.05) is 13.6 Å². The first-order valence-corrected chi connectivity index (χ1v) is 7.41. The van der Waals surface area contributed by atoms with E-state index in [1.54, 1.807) is 13.8 Å². The molecule has 0 aromatic carbocycles. The van der Waals surface area contributed by atoms with E-state index in [1.165, 1.54) is 7.05 Å². The van der Waals surface area contributed by atoms with Crippen LogP contribution in [-0.2, 0) is 4.79 Å². The molecule has 1 rings (SSSR count). The second-order valence-corrected chi connectivity index (χ2v) is 6.35. The fourth-order valence-electron chi connectivity index (χ4n) is 2.67. The molecule has 1 saturated carbocycles. The van der Waals surface area contributed by atoms with Crippen LogP contribution in [0.5, 0.6) is 0 Å². The Bertz CT molecular complexity index is 405. The highest BCUT2D eigenvalue weighted by Crippen LogP contribution is 2.35. The molecule has 0 bridgehead atoms. The molecular formula is C14H24F3N3O2. The van der Waals surface area contributed by atoms with E-state index in [1.807, 2.05) is 5.32 Å². The van der Waals surface area contributed by atoms with Crippen LogP contribution in [0.1, 0.15) is 39.5 Å². The minimum atomic E-state index is -4.47. The van der Waals surface area contributed by atoms with Gasteiger partial charge in [-0.25, -0.2) is 4.79 Å². The predicted octanol–water partition coefficient (Wildman–Crippen LogP) is 2.18. The van der Waals surface area contributed by atoms with E-state index in [0.717, 1.165) is 12.8 Å². The van der Waals surface area contributed by atoms with Gasteiger partial charge in [-0.3, -0.25) is 4.79 Å². The Morgan fingerprint density at radius 1 is 1.18 bits per heavy atom. The Kier molecular flexibility index (Phi) is 6.08. The molecule has 1 aliphatic rings. The van der Waals surface area contributed by atoms with E-state index in [-0.39, 0.29) is 12.5 Å². The molecule has 1 aliphatic carbocycles. The summed E-state index contributed by atoms with van der Waals surface area (Å²) in [6, 6.07) is -2.73. The summed E-state index contributed by atoms with van der Waals surface area (Å²) in [5.41, 5.74) is -0.896. The number of hydrogen-bond acceptors (Lipinski definition) is 2. The lowest BCUT2D eigenvalue weighted by atomic mass is 9.92. The van der Waals surface area contributed by atoms with Gasteiger partial charge in [0.05, 0.1) is 5.41 Å². The van der Waals surface area contributed by atoms with Crippen LogP contribution in [0.3, 0.4) is 0 Å². The second kappa shape index (κ2) is 7.19. The maximum atomic E-state index is 13.1. The van der Waals surface area contributed by atoms with E-state index in [9.17, 15) is 22.8 Å². The standard InChI is InChI=1S/C14H24F3N3O2/c1-13(2,11(21)18-3)8-19-12(22)20-10(14(15,16)17)9-6-4-5-7-9/h9-10H,4-8H2,1-3H3,(H,18,21)(H2,19,20,22). The minimum absolute atomic E-state index is 0.0479. The number of nitrogens with one attached hydrogen (secondary N) is 3. The summed E-state index contributed by atoms with van der Waals surface area (Å²) >= 11 is 0. The van der Waals surface area contributed by atoms with Crippen molar-refractivity contribution < 1.29 is 22.8 Å². The maximum Gasteiger partial charge on any atom is 0.408 e. The number of hydrogen-bond donors (Lipinski definition) is 3. The van der Waals surface area contributed by atoms with Crippen molar-refractivity contribution in [3.63, 3.8) is 0 Å². The maximum absolute atomic E-state index is 13.1. The zero-order valence-electron chi connectivity index (χ0n) is 13.1. The molecule has 0 radical (unpaired) electrons. The third-order valence-corrected chi connectivity index (χ3v) is 4.04. The molecule has 0 aliphatic heterocycles. The summed E-state index contributed by atoms with van der Waals surface area (Å²) in [6.45, 7) is 3.16. The first-order valence-electron chi connectivity index (χ1n) is 7.41. The highest BCUT2D eigenvalue weighted by Gasteiger charge is 2.46. The zero-order chi connectivity index (χ0) is 17.0. The van der Waals surface area contributed by atoms with E-state index in [0.29, 0.717) is 12.8 Å². The predicted molar refractivity (Wildman–Crippen MR) is 76.2 cm³/mol. The van der Waals surface area contributed by atoms with Crippen molar-refractivity contribution in [2.24, 2.45) is 11.3 Å². The Balaban J connectivity index is 2.59. The summed E-state index contributed by atoms with van der Waals surface area (Å²) in [4.78, 5) is 23.3. The molecule has 8 heteroatoms. The van der Waals surface area contributed by atoms with Gasteiger partial charge in [0.2, 0.25) is 5.91 Å². The Hall–Kier alpha value is -1.47. The highest BCUT2D eigenvalue weighted by atomic mass is 19.4. The van der Waals surface area contributed by atoms with Crippen LogP contribution in [0.4, 0.5) is 18.0 Å². The Morgan fingerprint density at radius 3 is 2.18 bits per heavy atom. The van der Waals surface area contributed by atoms with Crippen molar-refractivity contribution in [1.82, 2.24) is 16.0 Å². The number of alkyl halides is 3. The third-order valence-electron chi connectivity index (χ3n) is 4.04. The van der Waals surface area contributed by atoms with E-state index < -0.39 is 29.6 Å². The number of urea groups is 1. The van der Waals surface area contributed by atoms with Crippen molar-refractivity contribution in [1.29, 1.82) is 0 Å². The summed E-state index contributed by atoms with van der Waals surface area (Å²) in [5, 5.41) is 6.82. The lowest BCUT2D eigenvalue weighted by molar-refractivity contribution is -0.164. The van der Waals surface area contributed by atoms with Gasteiger partial charge in [-0.1, -0.05) is 12.8 Å². The number of amides is 3. The van der Waals surface area contributed by atoms with Gasteiger partial charge in [-0.2, -0.15) is 13.2 Å². The number of halogens is 3. The van der Waals surface area contributed by atoms with Gasteiger partial charge < -0.3 is 16.0 Å². The van der Waals surface area contributed by atoms with Gasteiger partial charge in [0.1, 0.15) is 6.04 Å². The topological polar surface area (TPSA) is 70.2 Å². The number of rotatable bonds is 5. The Morgan fingerprint density at radius 2 is 1.73 bits per heavy atom. The molecule has 3 amide bonds. The van der Waals surface area contributed by atoms with Crippen LogP contribution >= 0.6 is 0 Å². The number of carbonyl (C=O) groups excluding carboxylic acids is 2. The monoisotopic (exact) mass is 323 g/mol. The van der Waals surface area contributed by atoms with Crippen LogP contribution in [-0.4, -0.2) is 37.7 Å². The quantitative estimate of drug-likeness (QED) is 0.726. The first kappa shape index (κ1) is 18.6. The fraction of sp³-hybridized carbons (Fsp3) is 0.857. The second-order valence-electron chi connectivity index (χ2n) is 6.35.